The summed E-state index contributed by atoms with van der Waals surface area (Å²) in [4.78, 5) is 14.6. The van der Waals surface area contributed by atoms with Crippen LogP contribution in [-0.4, -0.2) is 15.0 Å². The van der Waals surface area contributed by atoms with E-state index in [1.807, 2.05) is 49.4 Å². The van der Waals surface area contributed by atoms with Crippen LogP contribution in [-0.2, 0) is 11.8 Å². The fourth-order valence-electron chi connectivity index (χ4n) is 3.73. The number of fused-ring (bicyclic) bond motifs is 1. The van der Waals surface area contributed by atoms with Gasteiger partial charge >= 0.3 is 0 Å². The van der Waals surface area contributed by atoms with E-state index in [0.29, 0.717) is 5.82 Å². The quantitative estimate of drug-likeness (QED) is 0.579. The number of aryl methyl sites for hydroxylation is 1. The molecule has 0 atom stereocenters. The molecule has 4 rings (SSSR count). The van der Waals surface area contributed by atoms with Crippen LogP contribution in [0.25, 0.3) is 22.8 Å². The van der Waals surface area contributed by atoms with Crippen LogP contribution in [0.4, 0.5) is 0 Å². The first-order chi connectivity index (χ1) is 12.4. The van der Waals surface area contributed by atoms with Gasteiger partial charge in [0.2, 0.25) is 0 Å². The summed E-state index contributed by atoms with van der Waals surface area (Å²) in [7, 11) is 0. The monoisotopic (exact) mass is 363 g/mol. The fourth-order valence-corrected chi connectivity index (χ4v) is 3.86. The predicted octanol–water partition coefficient (Wildman–Crippen LogP) is 5.78. The van der Waals surface area contributed by atoms with Crippen LogP contribution in [0.3, 0.4) is 0 Å². The molecule has 1 aromatic carbocycles. The van der Waals surface area contributed by atoms with E-state index in [4.69, 9.17) is 21.6 Å². The Kier molecular flexibility index (Phi) is 4.28. The topological polar surface area (TPSA) is 38.7 Å². The lowest BCUT2D eigenvalue weighted by molar-refractivity contribution is 0.418. The lowest BCUT2D eigenvalue weighted by Gasteiger charge is -2.32. The van der Waals surface area contributed by atoms with Gasteiger partial charge in [0.25, 0.3) is 0 Å². The molecule has 2 aromatic heterocycles. The van der Waals surface area contributed by atoms with E-state index >= 15 is 0 Å². The maximum absolute atomic E-state index is 6.09. The zero-order chi connectivity index (χ0) is 18.3. The van der Waals surface area contributed by atoms with Gasteiger partial charge in [0.15, 0.2) is 5.82 Å². The molecule has 0 bridgehead atoms. The van der Waals surface area contributed by atoms with Crippen LogP contribution in [0.5, 0.6) is 0 Å². The Morgan fingerprint density at radius 3 is 2.46 bits per heavy atom. The second kappa shape index (κ2) is 6.48. The number of halogens is 1. The van der Waals surface area contributed by atoms with Crippen LogP contribution in [0.1, 0.15) is 43.6 Å². The number of pyridine rings is 1. The number of rotatable bonds is 2. The van der Waals surface area contributed by atoms with Gasteiger partial charge in [-0.1, -0.05) is 43.6 Å². The molecule has 0 saturated heterocycles. The smallest absolute Gasteiger partial charge is 0.179 e. The van der Waals surface area contributed by atoms with E-state index in [1.165, 1.54) is 5.56 Å². The number of aromatic nitrogens is 3. The maximum atomic E-state index is 6.09. The largest absolute Gasteiger partial charge is 0.250 e. The van der Waals surface area contributed by atoms with Gasteiger partial charge in [-0.25, -0.2) is 15.0 Å². The first-order valence-electron chi connectivity index (χ1n) is 9.05. The predicted molar refractivity (Wildman–Crippen MR) is 106 cm³/mol. The molecule has 0 aliphatic heterocycles. The molecule has 132 valence electrons. The van der Waals surface area contributed by atoms with E-state index in [-0.39, 0.29) is 5.41 Å². The molecule has 1 aliphatic carbocycles. The third kappa shape index (κ3) is 3.12. The summed E-state index contributed by atoms with van der Waals surface area (Å²) < 4.78 is 0. The van der Waals surface area contributed by atoms with Gasteiger partial charge in [-0.3, -0.25) is 0 Å². The van der Waals surface area contributed by atoms with Gasteiger partial charge in [0.05, 0.1) is 11.4 Å². The highest BCUT2D eigenvalue weighted by Gasteiger charge is 2.32. The van der Waals surface area contributed by atoms with E-state index in [9.17, 15) is 0 Å². The molecule has 3 nitrogen and oxygen atoms in total. The molecule has 3 aromatic rings. The van der Waals surface area contributed by atoms with Crippen molar-refractivity contribution in [1.82, 2.24) is 15.0 Å². The average Bonchev–Trinajstić information content (AvgIpc) is 2.62. The van der Waals surface area contributed by atoms with Gasteiger partial charge in [0.1, 0.15) is 5.69 Å². The maximum Gasteiger partial charge on any atom is 0.179 e. The minimum absolute atomic E-state index is 0.0380. The Labute approximate surface area is 159 Å². The van der Waals surface area contributed by atoms with Gasteiger partial charge in [-0.15, -0.1) is 0 Å². The van der Waals surface area contributed by atoms with Gasteiger partial charge in [-0.2, -0.15) is 0 Å². The molecule has 0 radical (unpaired) electrons. The van der Waals surface area contributed by atoms with Crippen LogP contribution >= 0.6 is 11.6 Å². The average molecular weight is 364 g/mol. The SMILES string of the molecule is Cc1cccc(-c2nc(-c3ccc(Cl)cc3)c3c(n2)C(C)(C)CCC3)n1. The Bertz CT molecular complexity index is 962. The number of hydrogen-bond acceptors (Lipinski definition) is 3. The van der Waals surface area contributed by atoms with Crippen molar-refractivity contribution in [3.05, 3.63) is 64.4 Å². The Balaban J connectivity index is 1.97. The third-order valence-electron chi connectivity index (χ3n) is 5.11. The molecule has 2 heterocycles. The summed E-state index contributed by atoms with van der Waals surface area (Å²) in [5.41, 5.74) is 6.34. The van der Waals surface area contributed by atoms with Gasteiger partial charge in [0, 0.05) is 27.3 Å². The van der Waals surface area contributed by atoms with E-state index < -0.39 is 0 Å². The number of benzene rings is 1. The van der Waals surface area contributed by atoms with Crippen molar-refractivity contribution in [2.24, 2.45) is 0 Å². The van der Waals surface area contributed by atoms with Gasteiger partial charge < -0.3 is 0 Å². The molecular formula is C22H22ClN3. The van der Waals surface area contributed by atoms with Crippen molar-refractivity contribution >= 4 is 11.6 Å². The van der Waals surface area contributed by atoms with Crippen molar-refractivity contribution in [3.63, 3.8) is 0 Å². The zero-order valence-corrected chi connectivity index (χ0v) is 16.1. The van der Waals surface area contributed by atoms with E-state index in [1.54, 1.807) is 0 Å². The zero-order valence-electron chi connectivity index (χ0n) is 15.4. The molecule has 0 spiro atoms. The van der Waals surface area contributed by atoms with Crippen LogP contribution < -0.4 is 0 Å². The summed E-state index contributed by atoms with van der Waals surface area (Å²) in [6, 6.07) is 13.9. The Hall–Kier alpha value is -2.26. The van der Waals surface area contributed by atoms with Crippen LogP contribution in [0.2, 0.25) is 5.02 Å². The highest BCUT2D eigenvalue weighted by atomic mass is 35.5. The van der Waals surface area contributed by atoms with Gasteiger partial charge in [-0.05, 0) is 50.5 Å². The third-order valence-corrected chi connectivity index (χ3v) is 5.36. The summed E-state index contributed by atoms with van der Waals surface area (Å²) in [5.74, 6) is 0.701. The molecule has 0 amide bonds. The second-order valence-electron chi connectivity index (χ2n) is 7.63. The highest BCUT2D eigenvalue weighted by molar-refractivity contribution is 6.30. The molecule has 1 aliphatic rings. The lowest BCUT2D eigenvalue weighted by atomic mass is 9.75. The Morgan fingerprint density at radius 1 is 0.962 bits per heavy atom. The van der Waals surface area contributed by atoms with Crippen molar-refractivity contribution in [1.29, 1.82) is 0 Å². The molecule has 0 N–H and O–H groups in total. The van der Waals surface area contributed by atoms with Crippen LogP contribution in [0, 0.1) is 6.92 Å². The molecule has 26 heavy (non-hydrogen) atoms. The molecular weight excluding hydrogens is 342 g/mol. The van der Waals surface area contributed by atoms with E-state index in [2.05, 4.69) is 18.8 Å². The first-order valence-corrected chi connectivity index (χ1v) is 9.43. The highest BCUT2D eigenvalue weighted by Crippen LogP contribution is 2.40. The minimum Gasteiger partial charge on any atom is -0.250 e. The second-order valence-corrected chi connectivity index (χ2v) is 8.07. The number of hydrogen-bond donors (Lipinski definition) is 0. The lowest BCUT2D eigenvalue weighted by Crippen LogP contribution is -2.27. The molecule has 4 heteroatoms. The van der Waals surface area contributed by atoms with Crippen molar-refractivity contribution < 1.29 is 0 Å². The molecule has 0 fully saturated rings. The van der Waals surface area contributed by atoms with Crippen LogP contribution in [0.15, 0.2) is 42.5 Å². The summed E-state index contributed by atoms with van der Waals surface area (Å²) in [5, 5.41) is 0.734. The summed E-state index contributed by atoms with van der Waals surface area (Å²) >= 11 is 6.09. The summed E-state index contributed by atoms with van der Waals surface area (Å²) in [6.07, 6.45) is 3.31. The summed E-state index contributed by atoms with van der Waals surface area (Å²) in [6.45, 7) is 6.54. The molecule has 0 unspecified atom stereocenters. The molecule has 0 saturated carbocycles. The fraction of sp³-hybridized carbons (Fsp3) is 0.318. The number of nitrogens with zero attached hydrogens (tertiary/aromatic N) is 3. The minimum atomic E-state index is 0.0380. The first kappa shape index (κ1) is 17.2. The normalized spacial score (nSPS) is 15.5. The van der Waals surface area contributed by atoms with Crippen molar-refractivity contribution in [2.45, 2.75) is 45.4 Å². The van der Waals surface area contributed by atoms with Crippen molar-refractivity contribution in [3.8, 4) is 22.8 Å². The standard InChI is InChI=1S/C22H22ClN3/c1-14-6-4-8-18(24-14)21-25-19(15-9-11-16(23)12-10-15)17-7-5-13-22(2,3)20(17)26-21/h4,6,8-12H,5,7,13H2,1-3H3. The Morgan fingerprint density at radius 2 is 1.73 bits per heavy atom. The van der Waals surface area contributed by atoms with E-state index in [0.717, 1.165) is 52.6 Å². The van der Waals surface area contributed by atoms with Crippen molar-refractivity contribution in [2.75, 3.05) is 0 Å².